The Bertz CT molecular complexity index is 431. The van der Waals surface area contributed by atoms with Crippen LogP contribution in [0.15, 0.2) is 18.2 Å². The summed E-state index contributed by atoms with van der Waals surface area (Å²) in [6.45, 7) is 4.12. The summed E-state index contributed by atoms with van der Waals surface area (Å²) in [5.74, 6) is 0.648. The Morgan fingerprint density at radius 2 is 2.12 bits per heavy atom. The summed E-state index contributed by atoms with van der Waals surface area (Å²) in [7, 11) is 0. The maximum Gasteiger partial charge on any atom is 0.271 e. The van der Waals surface area contributed by atoms with Gasteiger partial charge in [0.05, 0.1) is 4.92 Å². The first-order valence-corrected chi connectivity index (χ1v) is 6.09. The minimum atomic E-state index is -0.337. The number of aryl methyl sites for hydroxylation is 1. The SMILES string of the molecule is Cc1cc(NC2CCCC2C)cc([N+](=O)[O-])c1. The van der Waals surface area contributed by atoms with E-state index < -0.39 is 0 Å². The first-order chi connectivity index (χ1) is 8.06. The molecule has 0 saturated heterocycles. The molecule has 0 amide bonds. The van der Waals surface area contributed by atoms with Gasteiger partial charge in [-0.1, -0.05) is 13.3 Å². The van der Waals surface area contributed by atoms with Crippen LogP contribution in [0.5, 0.6) is 0 Å². The first-order valence-electron chi connectivity index (χ1n) is 6.09. The van der Waals surface area contributed by atoms with Crippen molar-refractivity contribution in [3.05, 3.63) is 33.9 Å². The largest absolute Gasteiger partial charge is 0.382 e. The van der Waals surface area contributed by atoms with Crippen molar-refractivity contribution >= 4 is 11.4 Å². The van der Waals surface area contributed by atoms with Crippen LogP contribution in [0.1, 0.15) is 31.7 Å². The molecule has 4 nitrogen and oxygen atoms in total. The van der Waals surface area contributed by atoms with E-state index in [1.807, 2.05) is 13.0 Å². The average molecular weight is 234 g/mol. The molecule has 1 aliphatic rings. The zero-order valence-electron chi connectivity index (χ0n) is 10.3. The lowest BCUT2D eigenvalue weighted by Gasteiger charge is -2.18. The van der Waals surface area contributed by atoms with E-state index in [9.17, 15) is 10.1 Å². The highest BCUT2D eigenvalue weighted by Crippen LogP contribution is 2.29. The van der Waals surface area contributed by atoms with E-state index in [0.29, 0.717) is 12.0 Å². The number of non-ortho nitro benzene ring substituents is 1. The van der Waals surface area contributed by atoms with Crippen LogP contribution in [-0.2, 0) is 0 Å². The van der Waals surface area contributed by atoms with Crippen molar-refractivity contribution in [2.45, 2.75) is 39.2 Å². The van der Waals surface area contributed by atoms with Crippen LogP contribution in [0.25, 0.3) is 0 Å². The van der Waals surface area contributed by atoms with Gasteiger partial charge in [0.25, 0.3) is 5.69 Å². The summed E-state index contributed by atoms with van der Waals surface area (Å²) >= 11 is 0. The molecule has 2 unspecified atom stereocenters. The number of nitrogens with one attached hydrogen (secondary N) is 1. The second-order valence-corrected chi connectivity index (χ2v) is 4.97. The van der Waals surface area contributed by atoms with Crippen LogP contribution in [0, 0.1) is 23.0 Å². The number of rotatable bonds is 3. The lowest BCUT2D eigenvalue weighted by Crippen LogP contribution is -2.21. The summed E-state index contributed by atoms with van der Waals surface area (Å²) < 4.78 is 0. The van der Waals surface area contributed by atoms with Crippen molar-refractivity contribution in [1.82, 2.24) is 0 Å². The van der Waals surface area contributed by atoms with Crippen molar-refractivity contribution in [2.75, 3.05) is 5.32 Å². The van der Waals surface area contributed by atoms with Crippen LogP contribution in [-0.4, -0.2) is 11.0 Å². The van der Waals surface area contributed by atoms with Crippen molar-refractivity contribution < 1.29 is 4.92 Å². The maximum atomic E-state index is 10.8. The highest BCUT2D eigenvalue weighted by Gasteiger charge is 2.23. The number of nitro benzene ring substituents is 1. The molecule has 0 heterocycles. The molecule has 0 bridgehead atoms. The first kappa shape index (κ1) is 11.9. The van der Waals surface area contributed by atoms with Gasteiger partial charge in [0.15, 0.2) is 0 Å². The summed E-state index contributed by atoms with van der Waals surface area (Å²) in [5, 5.41) is 14.2. The number of anilines is 1. The summed E-state index contributed by atoms with van der Waals surface area (Å²) in [6.07, 6.45) is 3.64. The van der Waals surface area contributed by atoms with Crippen molar-refractivity contribution in [1.29, 1.82) is 0 Å². The Morgan fingerprint density at radius 3 is 2.71 bits per heavy atom. The standard InChI is InChI=1S/C13H18N2O2/c1-9-6-11(8-12(7-9)15(16)17)14-13-5-3-4-10(13)2/h6-8,10,13-14H,3-5H2,1-2H3. The number of nitrogens with zero attached hydrogens (tertiary/aromatic N) is 1. The van der Waals surface area contributed by atoms with Crippen LogP contribution >= 0.6 is 0 Å². The van der Waals surface area contributed by atoms with Gasteiger partial charge in [0, 0.05) is 23.9 Å². The number of nitro groups is 1. The fourth-order valence-electron chi connectivity index (χ4n) is 2.53. The number of benzene rings is 1. The third-order valence-electron chi connectivity index (χ3n) is 3.49. The molecule has 1 fully saturated rings. The van der Waals surface area contributed by atoms with Gasteiger partial charge in [-0.3, -0.25) is 10.1 Å². The molecule has 0 spiro atoms. The molecule has 1 aromatic carbocycles. The Labute approximate surface area is 101 Å². The van der Waals surface area contributed by atoms with Gasteiger partial charge in [-0.25, -0.2) is 0 Å². The molecule has 2 atom stereocenters. The number of hydrogen-bond donors (Lipinski definition) is 1. The van der Waals surface area contributed by atoms with Crippen LogP contribution in [0.3, 0.4) is 0 Å². The van der Waals surface area contributed by atoms with Gasteiger partial charge in [-0.05, 0) is 37.3 Å². The van der Waals surface area contributed by atoms with Gasteiger partial charge in [-0.2, -0.15) is 0 Å². The third-order valence-corrected chi connectivity index (χ3v) is 3.49. The highest BCUT2D eigenvalue weighted by molar-refractivity contribution is 5.54. The normalized spacial score (nSPS) is 23.6. The molecule has 1 aromatic rings. The summed E-state index contributed by atoms with van der Waals surface area (Å²) in [4.78, 5) is 10.4. The molecule has 1 aliphatic carbocycles. The minimum Gasteiger partial charge on any atom is -0.382 e. The van der Waals surface area contributed by atoms with E-state index in [2.05, 4.69) is 12.2 Å². The second-order valence-electron chi connectivity index (χ2n) is 4.97. The molecule has 4 heteroatoms. The molecule has 0 aromatic heterocycles. The Morgan fingerprint density at radius 1 is 1.35 bits per heavy atom. The van der Waals surface area contributed by atoms with Crippen LogP contribution < -0.4 is 5.32 Å². The second kappa shape index (κ2) is 4.73. The fraction of sp³-hybridized carbons (Fsp3) is 0.538. The van der Waals surface area contributed by atoms with Crippen molar-refractivity contribution in [3.63, 3.8) is 0 Å². The summed E-state index contributed by atoms with van der Waals surface area (Å²) in [5.41, 5.74) is 1.96. The average Bonchev–Trinajstić information content (AvgIpc) is 2.63. The molecule has 0 radical (unpaired) electrons. The van der Waals surface area contributed by atoms with Gasteiger partial charge in [0.2, 0.25) is 0 Å². The molecular formula is C13H18N2O2. The van der Waals surface area contributed by atoms with Gasteiger partial charge in [-0.15, -0.1) is 0 Å². The topological polar surface area (TPSA) is 55.2 Å². The third kappa shape index (κ3) is 2.75. The molecule has 17 heavy (non-hydrogen) atoms. The molecule has 0 aliphatic heterocycles. The van der Waals surface area contributed by atoms with Gasteiger partial charge < -0.3 is 5.32 Å². The van der Waals surface area contributed by atoms with Gasteiger partial charge in [0.1, 0.15) is 0 Å². The maximum absolute atomic E-state index is 10.8. The minimum absolute atomic E-state index is 0.165. The van der Waals surface area contributed by atoms with E-state index >= 15 is 0 Å². The van der Waals surface area contributed by atoms with Gasteiger partial charge >= 0.3 is 0 Å². The van der Waals surface area contributed by atoms with Crippen molar-refractivity contribution in [2.24, 2.45) is 5.92 Å². The van der Waals surface area contributed by atoms with E-state index in [4.69, 9.17) is 0 Å². The van der Waals surface area contributed by atoms with Crippen LogP contribution in [0.2, 0.25) is 0 Å². The smallest absolute Gasteiger partial charge is 0.271 e. The van der Waals surface area contributed by atoms with Crippen molar-refractivity contribution in [3.8, 4) is 0 Å². The highest BCUT2D eigenvalue weighted by atomic mass is 16.6. The number of hydrogen-bond acceptors (Lipinski definition) is 3. The van der Waals surface area contributed by atoms with E-state index in [1.54, 1.807) is 12.1 Å². The predicted molar refractivity (Wildman–Crippen MR) is 68.3 cm³/mol. The Balaban J connectivity index is 2.17. The Hall–Kier alpha value is -1.58. The molecular weight excluding hydrogens is 216 g/mol. The Kier molecular flexibility index (Phi) is 3.31. The molecule has 2 rings (SSSR count). The predicted octanol–water partition coefficient (Wildman–Crippen LogP) is 3.50. The fourth-order valence-corrected chi connectivity index (χ4v) is 2.53. The molecule has 1 N–H and O–H groups in total. The quantitative estimate of drug-likeness (QED) is 0.643. The summed E-state index contributed by atoms with van der Waals surface area (Å²) in [6, 6.07) is 5.65. The zero-order chi connectivity index (χ0) is 12.4. The monoisotopic (exact) mass is 234 g/mol. The van der Waals surface area contributed by atoms with E-state index in [1.165, 1.54) is 12.8 Å². The van der Waals surface area contributed by atoms with E-state index in [0.717, 1.165) is 17.7 Å². The van der Waals surface area contributed by atoms with Crippen LogP contribution in [0.4, 0.5) is 11.4 Å². The molecule has 1 saturated carbocycles. The zero-order valence-corrected chi connectivity index (χ0v) is 10.3. The molecule has 92 valence electrons. The van der Waals surface area contributed by atoms with E-state index in [-0.39, 0.29) is 10.6 Å². The lowest BCUT2D eigenvalue weighted by atomic mass is 10.1. The lowest BCUT2D eigenvalue weighted by molar-refractivity contribution is -0.384.